The van der Waals surface area contributed by atoms with E-state index in [9.17, 15) is 0 Å². The van der Waals surface area contributed by atoms with Crippen LogP contribution < -0.4 is 10.2 Å². The van der Waals surface area contributed by atoms with Gasteiger partial charge in [0, 0.05) is 50.0 Å². The Morgan fingerprint density at radius 1 is 1.06 bits per heavy atom. The second-order valence-corrected chi connectivity index (χ2v) is 4.04. The quantitative estimate of drug-likeness (QED) is 0.870. The van der Waals surface area contributed by atoms with Crippen molar-refractivity contribution < 1.29 is 0 Å². The summed E-state index contributed by atoms with van der Waals surface area (Å²) in [4.78, 5) is 10.0. The van der Waals surface area contributed by atoms with Gasteiger partial charge in [-0.2, -0.15) is 0 Å². The van der Waals surface area contributed by atoms with Crippen molar-refractivity contribution >= 4 is 11.4 Å². The first-order valence-corrected chi connectivity index (χ1v) is 5.51. The summed E-state index contributed by atoms with van der Waals surface area (Å²) in [6, 6.07) is 8.31. The Labute approximate surface area is 101 Å². The minimum Gasteiger partial charge on any atom is -0.381 e. The number of rotatable bonds is 4. The molecule has 0 aliphatic rings. The lowest BCUT2D eigenvalue weighted by atomic mass is 10.2. The van der Waals surface area contributed by atoms with Crippen LogP contribution in [0.15, 0.2) is 43.0 Å². The first-order chi connectivity index (χ1) is 8.25. The van der Waals surface area contributed by atoms with Crippen LogP contribution in [-0.2, 0) is 6.54 Å². The summed E-state index contributed by atoms with van der Waals surface area (Å²) >= 11 is 0. The molecule has 0 saturated heterocycles. The van der Waals surface area contributed by atoms with E-state index >= 15 is 0 Å². The second-order valence-electron chi connectivity index (χ2n) is 4.04. The van der Waals surface area contributed by atoms with E-state index in [1.165, 1.54) is 12.0 Å². The van der Waals surface area contributed by atoms with Crippen molar-refractivity contribution in [3.05, 3.63) is 48.5 Å². The molecule has 1 heterocycles. The molecular weight excluding hydrogens is 212 g/mol. The lowest BCUT2D eigenvalue weighted by molar-refractivity contribution is 1.05. The fourth-order valence-corrected chi connectivity index (χ4v) is 1.50. The monoisotopic (exact) mass is 228 g/mol. The summed E-state index contributed by atoms with van der Waals surface area (Å²) in [6.45, 7) is 0.738. The number of nitrogens with zero attached hydrogens (tertiary/aromatic N) is 3. The van der Waals surface area contributed by atoms with Crippen LogP contribution >= 0.6 is 0 Å². The van der Waals surface area contributed by atoms with Gasteiger partial charge in [-0.15, -0.1) is 0 Å². The maximum absolute atomic E-state index is 3.98. The zero-order chi connectivity index (χ0) is 12.1. The minimum absolute atomic E-state index is 0.738. The second kappa shape index (κ2) is 5.30. The lowest BCUT2D eigenvalue weighted by Crippen LogP contribution is -2.08. The molecule has 17 heavy (non-hydrogen) atoms. The van der Waals surface area contributed by atoms with Crippen LogP contribution in [0, 0.1) is 0 Å². The summed E-state index contributed by atoms with van der Waals surface area (Å²) in [5, 5.41) is 3.33. The van der Waals surface area contributed by atoms with E-state index < -0.39 is 0 Å². The van der Waals surface area contributed by atoms with Crippen LogP contribution in [0.25, 0.3) is 0 Å². The van der Waals surface area contributed by atoms with Gasteiger partial charge in [-0.3, -0.25) is 0 Å². The van der Waals surface area contributed by atoms with Gasteiger partial charge in [-0.25, -0.2) is 9.97 Å². The maximum Gasteiger partial charge on any atom is 0.115 e. The Kier molecular flexibility index (Phi) is 3.55. The van der Waals surface area contributed by atoms with Gasteiger partial charge >= 0.3 is 0 Å². The lowest BCUT2D eigenvalue weighted by Gasteiger charge is -2.13. The van der Waals surface area contributed by atoms with E-state index in [2.05, 4.69) is 44.5 Å². The van der Waals surface area contributed by atoms with Gasteiger partial charge in [0.25, 0.3) is 0 Å². The molecule has 0 amide bonds. The van der Waals surface area contributed by atoms with Crippen LogP contribution in [0.3, 0.4) is 0 Å². The van der Waals surface area contributed by atoms with Crippen molar-refractivity contribution in [2.75, 3.05) is 24.3 Å². The third-order valence-corrected chi connectivity index (χ3v) is 2.49. The molecule has 88 valence electrons. The average molecular weight is 228 g/mol. The molecule has 0 atom stereocenters. The number of nitrogens with one attached hydrogen (secondary N) is 1. The maximum atomic E-state index is 3.98. The van der Waals surface area contributed by atoms with Crippen molar-refractivity contribution in [3.8, 4) is 0 Å². The summed E-state index contributed by atoms with van der Waals surface area (Å²) < 4.78 is 0. The highest BCUT2D eigenvalue weighted by atomic mass is 15.1. The summed E-state index contributed by atoms with van der Waals surface area (Å²) in [5.74, 6) is 0. The molecule has 0 aliphatic carbocycles. The minimum atomic E-state index is 0.738. The highest BCUT2D eigenvalue weighted by molar-refractivity contribution is 5.54. The molecule has 0 radical (unpaired) electrons. The molecule has 1 N–H and O–H groups in total. The van der Waals surface area contributed by atoms with E-state index in [1.54, 1.807) is 0 Å². The zero-order valence-electron chi connectivity index (χ0n) is 10.1. The zero-order valence-corrected chi connectivity index (χ0v) is 10.1. The summed E-state index contributed by atoms with van der Waals surface area (Å²) in [6.07, 6.45) is 5.16. The van der Waals surface area contributed by atoms with Gasteiger partial charge in [-0.05, 0) is 24.3 Å². The molecule has 2 rings (SSSR count). The third kappa shape index (κ3) is 3.17. The van der Waals surface area contributed by atoms with Crippen molar-refractivity contribution in [1.82, 2.24) is 9.97 Å². The topological polar surface area (TPSA) is 41.0 Å². The Morgan fingerprint density at radius 2 is 1.71 bits per heavy atom. The van der Waals surface area contributed by atoms with E-state index in [0.717, 1.165) is 17.8 Å². The Hall–Kier alpha value is -2.10. The van der Waals surface area contributed by atoms with Gasteiger partial charge < -0.3 is 10.2 Å². The van der Waals surface area contributed by atoms with Crippen LogP contribution in [0.4, 0.5) is 11.4 Å². The molecule has 0 unspecified atom stereocenters. The number of benzene rings is 1. The van der Waals surface area contributed by atoms with Crippen LogP contribution in [0.2, 0.25) is 0 Å². The molecule has 1 aromatic heterocycles. The van der Waals surface area contributed by atoms with E-state index in [0.29, 0.717) is 0 Å². The van der Waals surface area contributed by atoms with Gasteiger partial charge in [0.1, 0.15) is 6.33 Å². The molecule has 0 fully saturated rings. The van der Waals surface area contributed by atoms with Gasteiger partial charge in [0.05, 0.1) is 0 Å². The Balaban J connectivity index is 1.96. The van der Waals surface area contributed by atoms with E-state index in [-0.39, 0.29) is 0 Å². The third-order valence-electron chi connectivity index (χ3n) is 2.49. The number of aromatic nitrogens is 2. The first kappa shape index (κ1) is 11.4. The molecule has 0 spiro atoms. The van der Waals surface area contributed by atoms with Crippen LogP contribution in [-0.4, -0.2) is 24.1 Å². The van der Waals surface area contributed by atoms with Crippen molar-refractivity contribution in [2.24, 2.45) is 0 Å². The average Bonchev–Trinajstić information content (AvgIpc) is 2.38. The Morgan fingerprint density at radius 3 is 2.29 bits per heavy atom. The van der Waals surface area contributed by atoms with Gasteiger partial charge in [0.2, 0.25) is 0 Å². The SMILES string of the molecule is CN(C)c1ccc(NCc2cncnc2)cc1. The summed E-state index contributed by atoms with van der Waals surface area (Å²) in [7, 11) is 4.06. The molecule has 2 aromatic rings. The van der Waals surface area contributed by atoms with Crippen molar-refractivity contribution in [3.63, 3.8) is 0 Å². The van der Waals surface area contributed by atoms with Gasteiger partial charge in [0.15, 0.2) is 0 Å². The fourth-order valence-electron chi connectivity index (χ4n) is 1.50. The standard InChI is InChI=1S/C13H16N4/c1-17(2)13-5-3-12(4-6-13)16-9-11-7-14-10-15-8-11/h3-8,10,16H,9H2,1-2H3. The van der Waals surface area contributed by atoms with Crippen LogP contribution in [0.1, 0.15) is 5.56 Å². The number of anilines is 2. The van der Waals surface area contributed by atoms with E-state index in [1.807, 2.05) is 26.5 Å². The molecular formula is C13H16N4. The summed E-state index contributed by atoms with van der Waals surface area (Å²) in [5.41, 5.74) is 3.36. The molecule has 0 bridgehead atoms. The predicted octanol–water partition coefficient (Wildman–Crippen LogP) is 2.15. The van der Waals surface area contributed by atoms with Crippen LogP contribution in [0.5, 0.6) is 0 Å². The highest BCUT2D eigenvalue weighted by Gasteiger charge is 1.96. The molecule has 0 aliphatic heterocycles. The fraction of sp³-hybridized carbons (Fsp3) is 0.231. The molecule has 1 aromatic carbocycles. The highest BCUT2D eigenvalue weighted by Crippen LogP contribution is 2.16. The van der Waals surface area contributed by atoms with Crippen molar-refractivity contribution in [2.45, 2.75) is 6.54 Å². The number of hydrogen-bond donors (Lipinski definition) is 1. The molecule has 4 heteroatoms. The number of hydrogen-bond acceptors (Lipinski definition) is 4. The largest absolute Gasteiger partial charge is 0.381 e. The first-order valence-electron chi connectivity index (χ1n) is 5.51. The van der Waals surface area contributed by atoms with Gasteiger partial charge in [-0.1, -0.05) is 0 Å². The molecule has 4 nitrogen and oxygen atoms in total. The normalized spacial score (nSPS) is 10.0. The predicted molar refractivity (Wildman–Crippen MR) is 70.1 cm³/mol. The molecule has 0 saturated carbocycles. The Bertz CT molecular complexity index is 451. The van der Waals surface area contributed by atoms with Crippen molar-refractivity contribution in [1.29, 1.82) is 0 Å². The smallest absolute Gasteiger partial charge is 0.115 e. The van der Waals surface area contributed by atoms with E-state index in [4.69, 9.17) is 0 Å².